The lowest BCUT2D eigenvalue weighted by molar-refractivity contribution is -0.122. The van der Waals surface area contributed by atoms with E-state index in [2.05, 4.69) is 5.32 Å². The van der Waals surface area contributed by atoms with Crippen LogP contribution in [0.1, 0.15) is 6.92 Å². The van der Waals surface area contributed by atoms with E-state index < -0.39 is 35.2 Å². The number of carbonyl (C=O) groups is 1. The first-order chi connectivity index (χ1) is 10.9. The molecular formula is C16H14F3NO3. The molecule has 1 unspecified atom stereocenters. The highest BCUT2D eigenvalue weighted by atomic mass is 19.2. The minimum atomic E-state index is -1.65. The number of hydrogen-bond donors (Lipinski definition) is 1. The lowest BCUT2D eigenvalue weighted by Crippen LogP contribution is -2.30. The molecule has 0 radical (unpaired) electrons. The summed E-state index contributed by atoms with van der Waals surface area (Å²) in [5, 5.41) is 2.15. The SMILES string of the molecule is COc1ccc(OC(C)C(=O)Nc2ccc(F)c(F)c2F)cc1. The molecular weight excluding hydrogens is 311 g/mol. The van der Waals surface area contributed by atoms with E-state index in [9.17, 15) is 18.0 Å². The van der Waals surface area contributed by atoms with Crippen LogP contribution in [0.4, 0.5) is 18.9 Å². The summed E-state index contributed by atoms with van der Waals surface area (Å²) in [4.78, 5) is 11.9. The number of hydrogen-bond acceptors (Lipinski definition) is 3. The summed E-state index contributed by atoms with van der Waals surface area (Å²) in [6, 6.07) is 8.15. The van der Waals surface area contributed by atoms with E-state index in [0.29, 0.717) is 11.5 Å². The molecule has 7 heteroatoms. The summed E-state index contributed by atoms with van der Waals surface area (Å²) in [5.41, 5.74) is -0.459. The van der Waals surface area contributed by atoms with E-state index >= 15 is 0 Å². The van der Waals surface area contributed by atoms with Crippen LogP contribution in [0.2, 0.25) is 0 Å². The second-order valence-electron chi connectivity index (χ2n) is 4.65. The zero-order chi connectivity index (χ0) is 17.0. The van der Waals surface area contributed by atoms with Gasteiger partial charge in [-0.1, -0.05) is 0 Å². The standard InChI is InChI=1S/C16H14F3NO3/c1-9(23-11-5-3-10(22-2)4-6-11)16(21)20-13-8-7-12(17)14(18)15(13)19/h3-9H,1-2H3,(H,20,21). The highest BCUT2D eigenvalue weighted by Gasteiger charge is 2.19. The summed E-state index contributed by atoms with van der Waals surface area (Å²) in [5.74, 6) is -4.12. The first kappa shape index (κ1) is 16.7. The lowest BCUT2D eigenvalue weighted by atomic mass is 10.2. The van der Waals surface area contributed by atoms with E-state index in [4.69, 9.17) is 9.47 Å². The average Bonchev–Trinajstić information content (AvgIpc) is 2.56. The van der Waals surface area contributed by atoms with E-state index in [1.54, 1.807) is 24.3 Å². The van der Waals surface area contributed by atoms with Crippen molar-refractivity contribution in [2.24, 2.45) is 0 Å². The Hall–Kier alpha value is -2.70. The molecule has 1 atom stereocenters. The molecule has 0 aliphatic rings. The largest absolute Gasteiger partial charge is 0.497 e. The van der Waals surface area contributed by atoms with Gasteiger partial charge in [-0.25, -0.2) is 13.2 Å². The Balaban J connectivity index is 2.03. The smallest absolute Gasteiger partial charge is 0.265 e. The van der Waals surface area contributed by atoms with Gasteiger partial charge in [-0.05, 0) is 43.3 Å². The molecule has 23 heavy (non-hydrogen) atoms. The summed E-state index contributed by atoms with van der Waals surface area (Å²) in [6.45, 7) is 1.44. The zero-order valence-corrected chi connectivity index (χ0v) is 12.4. The van der Waals surface area contributed by atoms with E-state index in [1.165, 1.54) is 14.0 Å². The maximum Gasteiger partial charge on any atom is 0.265 e. The van der Waals surface area contributed by atoms with Gasteiger partial charge in [0.15, 0.2) is 23.6 Å². The third-order valence-electron chi connectivity index (χ3n) is 3.03. The van der Waals surface area contributed by atoms with Gasteiger partial charge in [0.1, 0.15) is 11.5 Å². The van der Waals surface area contributed by atoms with Gasteiger partial charge in [-0.2, -0.15) is 0 Å². The fourth-order valence-electron chi connectivity index (χ4n) is 1.77. The Bertz CT molecular complexity index is 704. The van der Waals surface area contributed by atoms with Crippen molar-refractivity contribution >= 4 is 11.6 Å². The number of halogens is 3. The number of carbonyl (C=O) groups excluding carboxylic acids is 1. The van der Waals surface area contributed by atoms with Crippen molar-refractivity contribution < 1.29 is 27.4 Å². The highest BCUT2D eigenvalue weighted by Crippen LogP contribution is 2.21. The second kappa shape index (κ2) is 7.04. The monoisotopic (exact) mass is 325 g/mol. The normalized spacial score (nSPS) is 11.7. The Morgan fingerprint density at radius 3 is 2.22 bits per heavy atom. The van der Waals surface area contributed by atoms with Gasteiger partial charge in [0.05, 0.1) is 12.8 Å². The topological polar surface area (TPSA) is 47.6 Å². The summed E-state index contributed by atoms with van der Waals surface area (Å²) in [7, 11) is 1.52. The van der Waals surface area contributed by atoms with E-state index in [-0.39, 0.29) is 0 Å². The molecule has 1 N–H and O–H groups in total. The Kier molecular flexibility index (Phi) is 5.10. The third-order valence-corrected chi connectivity index (χ3v) is 3.03. The highest BCUT2D eigenvalue weighted by molar-refractivity contribution is 5.94. The van der Waals surface area contributed by atoms with Crippen LogP contribution in [0.5, 0.6) is 11.5 Å². The van der Waals surface area contributed by atoms with Crippen molar-refractivity contribution in [2.45, 2.75) is 13.0 Å². The van der Waals surface area contributed by atoms with Crippen LogP contribution in [0.3, 0.4) is 0 Å². The Morgan fingerprint density at radius 1 is 1.00 bits per heavy atom. The van der Waals surface area contributed by atoms with Gasteiger partial charge in [0.2, 0.25) is 0 Å². The summed E-state index contributed by atoms with van der Waals surface area (Å²) >= 11 is 0. The van der Waals surface area contributed by atoms with E-state index in [0.717, 1.165) is 12.1 Å². The van der Waals surface area contributed by atoms with E-state index in [1.807, 2.05) is 0 Å². The molecule has 0 aliphatic heterocycles. The molecule has 1 amide bonds. The predicted octanol–water partition coefficient (Wildman–Crippen LogP) is 3.52. The van der Waals surface area contributed by atoms with Crippen molar-refractivity contribution in [3.8, 4) is 11.5 Å². The third kappa shape index (κ3) is 3.94. The fourth-order valence-corrected chi connectivity index (χ4v) is 1.77. The number of nitrogens with one attached hydrogen (secondary N) is 1. The van der Waals surface area contributed by atoms with Crippen molar-refractivity contribution in [1.82, 2.24) is 0 Å². The Morgan fingerprint density at radius 2 is 1.61 bits per heavy atom. The molecule has 0 spiro atoms. The van der Waals surface area contributed by atoms with Gasteiger partial charge in [-0.3, -0.25) is 4.79 Å². The summed E-state index contributed by atoms with van der Waals surface area (Å²) < 4.78 is 49.8. The first-order valence-corrected chi connectivity index (χ1v) is 6.67. The lowest BCUT2D eigenvalue weighted by Gasteiger charge is -2.15. The fraction of sp³-hybridized carbons (Fsp3) is 0.188. The molecule has 0 bridgehead atoms. The Labute approximate surface area is 130 Å². The van der Waals surface area contributed by atoms with Gasteiger partial charge in [0.25, 0.3) is 5.91 Å². The number of methoxy groups -OCH3 is 1. The first-order valence-electron chi connectivity index (χ1n) is 6.67. The maximum absolute atomic E-state index is 13.5. The molecule has 2 aromatic rings. The molecule has 0 aromatic heterocycles. The van der Waals surface area contributed by atoms with Crippen LogP contribution in [-0.4, -0.2) is 19.1 Å². The van der Waals surface area contributed by atoms with Crippen molar-refractivity contribution in [3.05, 3.63) is 53.8 Å². The minimum Gasteiger partial charge on any atom is -0.497 e. The number of amides is 1. The van der Waals surface area contributed by atoms with Crippen LogP contribution >= 0.6 is 0 Å². The molecule has 122 valence electrons. The molecule has 0 aliphatic carbocycles. The predicted molar refractivity (Wildman–Crippen MR) is 78.0 cm³/mol. The summed E-state index contributed by atoms with van der Waals surface area (Å²) in [6.07, 6.45) is -0.976. The minimum absolute atomic E-state index is 0.402. The molecule has 2 aromatic carbocycles. The number of ether oxygens (including phenoxy) is 2. The molecule has 0 saturated carbocycles. The molecule has 0 heterocycles. The molecule has 0 fully saturated rings. The van der Waals surface area contributed by atoms with Gasteiger partial charge < -0.3 is 14.8 Å². The van der Waals surface area contributed by atoms with Crippen LogP contribution in [0.25, 0.3) is 0 Å². The van der Waals surface area contributed by atoms with Gasteiger partial charge >= 0.3 is 0 Å². The van der Waals surface area contributed by atoms with Crippen LogP contribution in [0.15, 0.2) is 36.4 Å². The quantitative estimate of drug-likeness (QED) is 0.856. The van der Waals surface area contributed by atoms with Crippen molar-refractivity contribution in [1.29, 1.82) is 0 Å². The average molecular weight is 325 g/mol. The molecule has 0 saturated heterocycles. The van der Waals surface area contributed by atoms with Crippen LogP contribution < -0.4 is 14.8 Å². The molecule has 4 nitrogen and oxygen atoms in total. The van der Waals surface area contributed by atoms with Crippen LogP contribution in [0, 0.1) is 17.5 Å². The zero-order valence-electron chi connectivity index (χ0n) is 12.4. The van der Waals surface area contributed by atoms with Gasteiger partial charge in [0, 0.05) is 0 Å². The maximum atomic E-state index is 13.5. The van der Waals surface area contributed by atoms with Crippen LogP contribution in [-0.2, 0) is 4.79 Å². The van der Waals surface area contributed by atoms with Crippen molar-refractivity contribution in [2.75, 3.05) is 12.4 Å². The molecule has 2 rings (SSSR count). The number of benzene rings is 2. The van der Waals surface area contributed by atoms with Crippen molar-refractivity contribution in [3.63, 3.8) is 0 Å². The second-order valence-corrected chi connectivity index (χ2v) is 4.65. The number of rotatable bonds is 5. The van der Waals surface area contributed by atoms with Gasteiger partial charge in [-0.15, -0.1) is 0 Å². The number of anilines is 1.